The number of hydrogen-bond donors (Lipinski definition) is 0. The molecule has 0 unspecified atom stereocenters. The number of fused-ring (bicyclic) bond motifs is 2. The van der Waals surface area contributed by atoms with Gasteiger partial charge in [0.05, 0.1) is 24.5 Å². The molecule has 6 rings (SSSR count). The first-order valence-corrected chi connectivity index (χ1v) is 10.8. The van der Waals surface area contributed by atoms with Crippen molar-refractivity contribution >= 4 is 16.7 Å². The van der Waals surface area contributed by atoms with Crippen LogP contribution in [0.25, 0.3) is 22.3 Å². The van der Waals surface area contributed by atoms with Gasteiger partial charge in [-0.05, 0) is 54.1 Å². The normalized spacial score (nSPS) is 13.0. The van der Waals surface area contributed by atoms with Crippen LogP contribution in [-0.2, 0) is 13.1 Å². The zero-order valence-corrected chi connectivity index (χ0v) is 17.8. The maximum Gasteiger partial charge on any atom is 0.254 e. The summed E-state index contributed by atoms with van der Waals surface area (Å²) in [5.74, 6) is 1.02. The van der Waals surface area contributed by atoms with Crippen LogP contribution in [0.3, 0.4) is 0 Å². The van der Waals surface area contributed by atoms with Crippen molar-refractivity contribution in [2.24, 2.45) is 0 Å². The number of carbonyl (C=O) groups is 1. The number of aromatic nitrogens is 3. The summed E-state index contributed by atoms with van der Waals surface area (Å²) in [7, 11) is 0. The lowest BCUT2D eigenvalue weighted by Crippen LogP contribution is -2.26. The van der Waals surface area contributed by atoms with E-state index < -0.39 is 0 Å². The second-order valence-corrected chi connectivity index (χ2v) is 8.31. The first-order valence-electron chi connectivity index (χ1n) is 10.8. The molecule has 3 heterocycles. The fourth-order valence-electron chi connectivity index (χ4n) is 4.46. The number of carbonyl (C=O) groups excluding carboxylic acids is 1. The van der Waals surface area contributed by atoms with Gasteiger partial charge in [-0.2, -0.15) is 5.10 Å². The van der Waals surface area contributed by atoms with Gasteiger partial charge in [0.15, 0.2) is 0 Å². The Morgan fingerprint density at radius 1 is 0.844 bits per heavy atom. The molecule has 3 aromatic carbocycles. The molecule has 0 radical (unpaired) electrons. The molecule has 1 aliphatic rings. The number of aryl methyl sites for hydroxylation is 1. The van der Waals surface area contributed by atoms with Gasteiger partial charge in [0, 0.05) is 23.5 Å². The number of nitrogens with zero attached hydrogens (tertiary/aromatic N) is 4. The van der Waals surface area contributed by atoms with E-state index in [2.05, 4.69) is 41.8 Å². The number of amides is 1. The minimum absolute atomic E-state index is 0.0362. The molecule has 2 aromatic heterocycles. The standard InChI is InChI=1S/C27H22N4O/c1-19-8-12-23(13-9-19)31-26(29-14-4-5-15-29)24-17-30(18-25(24)28-31)27(32)22-11-10-20-6-2-3-7-21(20)16-22/h2-16H,17-18H2,1H3. The first kappa shape index (κ1) is 18.6. The van der Waals surface area contributed by atoms with Crippen LogP contribution >= 0.6 is 0 Å². The average Bonchev–Trinajstić information content (AvgIpc) is 3.55. The molecule has 0 aliphatic carbocycles. The zero-order chi connectivity index (χ0) is 21.7. The molecule has 5 heteroatoms. The van der Waals surface area contributed by atoms with Crippen LogP contribution in [0.2, 0.25) is 0 Å². The van der Waals surface area contributed by atoms with E-state index in [4.69, 9.17) is 5.10 Å². The zero-order valence-electron chi connectivity index (χ0n) is 17.8. The minimum atomic E-state index is 0.0362. The van der Waals surface area contributed by atoms with Gasteiger partial charge in [0.1, 0.15) is 5.82 Å². The van der Waals surface area contributed by atoms with Gasteiger partial charge in [0.2, 0.25) is 0 Å². The Labute approximate surface area is 186 Å². The Balaban J connectivity index is 1.37. The summed E-state index contributed by atoms with van der Waals surface area (Å²) in [6.07, 6.45) is 4.05. The Morgan fingerprint density at radius 2 is 1.59 bits per heavy atom. The van der Waals surface area contributed by atoms with Crippen LogP contribution in [0.5, 0.6) is 0 Å². The van der Waals surface area contributed by atoms with Crippen LogP contribution in [0, 0.1) is 6.92 Å². The van der Waals surface area contributed by atoms with E-state index in [1.54, 1.807) is 0 Å². The molecule has 0 fully saturated rings. The molecule has 0 saturated carbocycles. The summed E-state index contributed by atoms with van der Waals surface area (Å²) < 4.78 is 4.07. The molecule has 5 aromatic rings. The van der Waals surface area contributed by atoms with Crippen molar-refractivity contribution in [3.8, 4) is 11.5 Å². The van der Waals surface area contributed by atoms with Crippen LogP contribution < -0.4 is 0 Å². The van der Waals surface area contributed by atoms with Crippen LogP contribution in [0.15, 0.2) is 91.3 Å². The predicted octanol–water partition coefficient (Wildman–Crippen LogP) is 5.28. The highest BCUT2D eigenvalue weighted by Gasteiger charge is 2.31. The minimum Gasteiger partial charge on any atom is -0.328 e. The summed E-state index contributed by atoms with van der Waals surface area (Å²) >= 11 is 0. The van der Waals surface area contributed by atoms with Gasteiger partial charge in [-0.1, -0.05) is 48.0 Å². The van der Waals surface area contributed by atoms with Crippen molar-refractivity contribution < 1.29 is 4.79 Å². The lowest BCUT2D eigenvalue weighted by Gasteiger charge is -2.18. The lowest BCUT2D eigenvalue weighted by atomic mass is 10.1. The van der Waals surface area contributed by atoms with Gasteiger partial charge in [0.25, 0.3) is 5.91 Å². The van der Waals surface area contributed by atoms with Crippen molar-refractivity contribution in [1.29, 1.82) is 0 Å². The first-order chi connectivity index (χ1) is 15.7. The van der Waals surface area contributed by atoms with E-state index in [-0.39, 0.29) is 5.91 Å². The third-order valence-electron chi connectivity index (χ3n) is 6.14. The number of benzene rings is 3. The maximum atomic E-state index is 13.3. The Hall–Kier alpha value is -4.12. The highest BCUT2D eigenvalue weighted by atomic mass is 16.2. The highest BCUT2D eigenvalue weighted by Crippen LogP contribution is 2.31. The Morgan fingerprint density at radius 3 is 2.38 bits per heavy atom. The highest BCUT2D eigenvalue weighted by molar-refractivity contribution is 5.98. The molecule has 0 N–H and O–H groups in total. The summed E-state index contributed by atoms with van der Waals surface area (Å²) in [5, 5.41) is 7.14. The predicted molar refractivity (Wildman–Crippen MR) is 125 cm³/mol. The summed E-state index contributed by atoms with van der Waals surface area (Å²) in [6, 6.07) is 26.4. The van der Waals surface area contributed by atoms with Gasteiger partial charge < -0.3 is 9.47 Å². The van der Waals surface area contributed by atoms with E-state index in [1.807, 2.05) is 70.5 Å². The molecule has 1 amide bonds. The summed E-state index contributed by atoms with van der Waals surface area (Å²) in [6.45, 7) is 3.13. The maximum absolute atomic E-state index is 13.3. The molecule has 5 nitrogen and oxygen atoms in total. The molecule has 1 aliphatic heterocycles. The fraction of sp³-hybridized carbons (Fsp3) is 0.111. The third kappa shape index (κ3) is 3.02. The molecule has 0 spiro atoms. The van der Waals surface area contributed by atoms with Crippen molar-refractivity contribution in [1.82, 2.24) is 19.2 Å². The van der Waals surface area contributed by atoms with Crippen molar-refractivity contribution in [3.63, 3.8) is 0 Å². The molecular weight excluding hydrogens is 396 g/mol. The summed E-state index contributed by atoms with van der Waals surface area (Å²) in [5.41, 5.74) is 4.98. The topological polar surface area (TPSA) is 43.1 Å². The molecule has 32 heavy (non-hydrogen) atoms. The van der Waals surface area contributed by atoms with Gasteiger partial charge in [-0.3, -0.25) is 4.79 Å². The quantitative estimate of drug-likeness (QED) is 0.400. The second kappa shape index (κ2) is 7.24. The largest absolute Gasteiger partial charge is 0.328 e. The number of rotatable bonds is 3. The Kier molecular flexibility index (Phi) is 4.21. The summed E-state index contributed by atoms with van der Waals surface area (Å²) in [4.78, 5) is 15.2. The second-order valence-electron chi connectivity index (χ2n) is 8.31. The number of hydrogen-bond acceptors (Lipinski definition) is 2. The molecule has 156 valence electrons. The van der Waals surface area contributed by atoms with E-state index >= 15 is 0 Å². The SMILES string of the molecule is Cc1ccc(-n2nc3c(c2-n2cccc2)CN(C(=O)c2ccc4ccccc4c2)C3)cc1. The van der Waals surface area contributed by atoms with E-state index in [9.17, 15) is 4.79 Å². The Bertz CT molecular complexity index is 1450. The van der Waals surface area contributed by atoms with Crippen LogP contribution in [0.1, 0.15) is 27.2 Å². The monoisotopic (exact) mass is 418 g/mol. The molecule has 0 saturated heterocycles. The van der Waals surface area contributed by atoms with Crippen molar-refractivity contribution in [2.75, 3.05) is 0 Å². The van der Waals surface area contributed by atoms with Gasteiger partial charge in [-0.15, -0.1) is 0 Å². The fourth-order valence-corrected chi connectivity index (χ4v) is 4.46. The van der Waals surface area contributed by atoms with E-state index in [1.165, 1.54) is 5.56 Å². The van der Waals surface area contributed by atoms with Gasteiger partial charge >= 0.3 is 0 Å². The lowest BCUT2D eigenvalue weighted by molar-refractivity contribution is 0.0749. The van der Waals surface area contributed by atoms with E-state index in [0.29, 0.717) is 18.7 Å². The third-order valence-corrected chi connectivity index (χ3v) is 6.14. The van der Waals surface area contributed by atoms with Crippen LogP contribution in [0.4, 0.5) is 0 Å². The van der Waals surface area contributed by atoms with Crippen LogP contribution in [-0.4, -0.2) is 25.2 Å². The van der Waals surface area contributed by atoms with E-state index in [0.717, 1.165) is 33.5 Å². The van der Waals surface area contributed by atoms with Gasteiger partial charge in [-0.25, -0.2) is 4.68 Å². The average molecular weight is 419 g/mol. The molecule has 0 atom stereocenters. The van der Waals surface area contributed by atoms with Crippen molar-refractivity contribution in [2.45, 2.75) is 20.0 Å². The smallest absolute Gasteiger partial charge is 0.254 e. The molecular formula is C27H22N4O. The molecule has 0 bridgehead atoms. The van der Waals surface area contributed by atoms with Crippen molar-refractivity contribution in [3.05, 3.63) is 114 Å².